The lowest BCUT2D eigenvalue weighted by atomic mass is 10.1. The first-order chi connectivity index (χ1) is 11.7. The highest BCUT2D eigenvalue weighted by molar-refractivity contribution is 7.09. The topological polar surface area (TPSA) is 65.5 Å². The Morgan fingerprint density at radius 2 is 2.33 bits per heavy atom. The summed E-state index contributed by atoms with van der Waals surface area (Å²) in [5.41, 5.74) is 2.55. The lowest BCUT2D eigenvalue weighted by molar-refractivity contribution is 0.162. The number of nitrogens with one attached hydrogen (secondary N) is 1. The van der Waals surface area contributed by atoms with Gasteiger partial charge in [0.1, 0.15) is 5.01 Å². The molecular formula is C18H23N3O2S. The number of aliphatic hydroxyl groups is 1. The van der Waals surface area contributed by atoms with Crippen molar-refractivity contribution < 1.29 is 9.90 Å². The summed E-state index contributed by atoms with van der Waals surface area (Å²) in [5, 5.41) is 15.1. The van der Waals surface area contributed by atoms with E-state index in [4.69, 9.17) is 0 Å². The molecule has 1 heterocycles. The van der Waals surface area contributed by atoms with Crippen LogP contribution in [0.25, 0.3) is 0 Å². The second kappa shape index (κ2) is 7.77. The number of aliphatic hydroxyl groups excluding tert-OH is 1. The first-order valence-electron chi connectivity index (χ1n) is 8.36. The highest BCUT2D eigenvalue weighted by Gasteiger charge is 2.31. The lowest BCUT2D eigenvalue weighted by Crippen LogP contribution is -2.43. The number of hydrogen-bond donors (Lipinski definition) is 2. The number of aryl methyl sites for hydroxylation is 1. The Morgan fingerprint density at radius 1 is 1.50 bits per heavy atom. The molecule has 1 aromatic carbocycles. The standard InChI is InChI=1S/C18H23N3O2S/c1-13(17-19-9-12-24-17)20-18(23)21(10-4-11-22)16-8-7-14-5-2-3-6-15(14)16/h2-3,5-6,9,12-13,16,22H,4,7-8,10-11H2,1H3,(H,20,23)/t13-,16-/m1/s1. The maximum absolute atomic E-state index is 12.9. The quantitative estimate of drug-likeness (QED) is 0.844. The van der Waals surface area contributed by atoms with Gasteiger partial charge in [-0.05, 0) is 37.3 Å². The minimum Gasteiger partial charge on any atom is -0.396 e. The number of nitrogens with zero attached hydrogens (tertiary/aromatic N) is 2. The first kappa shape index (κ1) is 16.9. The van der Waals surface area contributed by atoms with E-state index in [9.17, 15) is 9.90 Å². The van der Waals surface area contributed by atoms with E-state index >= 15 is 0 Å². The number of amides is 2. The molecule has 0 radical (unpaired) electrons. The van der Waals surface area contributed by atoms with Crippen LogP contribution in [-0.4, -0.2) is 34.2 Å². The molecule has 0 spiro atoms. The highest BCUT2D eigenvalue weighted by atomic mass is 32.1. The average Bonchev–Trinajstić information content (AvgIpc) is 3.25. The molecule has 2 aromatic rings. The summed E-state index contributed by atoms with van der Waals surface area (Å²) in [6, 6.07) is 8.18. The number of urea groups is 1. The van der Waals surface area contributed by atoms with Crippen molar-refractivity contribution in [3.05, 3.63) is 52.0 Å². The van der Waals surface area contributed by atoms with E-state index in [1.165, 1.54) is 22.5 Å². The Hall–Kier alpha value is -1.92. The second-order valence-electron chi connectivity index (χ2n) is 6.07. The van der Waals surface area contributed by atoms with Crippen molar-refractivity contribution in [3.63, 3.8) is 0 Å². The molecule has 6 heteroatoms. The number of benzene rings is 1. The normalized spacial score (nSPS) is 17.3. The molecule has 3 rings (SSSR count). The van der Waals surface area contributed by atoms with Crippen molar-refractivity contribution in [1.29, 1.82) is 0 Å². The minimum absolute atomic E-state index is 0.0799. The molecule has 2 N–H and O–H groups in total. The molecule has 0 aliphatic heterocycles. The number of thiazole rings is 1. The van der Waals surface area contributed by atoms with Crippen molar-refractivity contribution in [2.24, 2.45) is 0 Å². The van der Waals surface area contributed by atoms with Crippen LogP contribution in [0.15, 0.2) is 35.8 Å². The SMILES string of the molecule is C[C@@H](NC(=O)N(CCCO)[C@@H]1CCc2ccccc21)c1nccs1. The van der Waals surface area contributed by atoms with E-state index in [2.05, 4.69) is 22.4 Å². The second-order valence-corrected chi connectivity index (χ2v) is 6.99. The highest BCUT2D eigenvalue weighted by Crippen LogP contribution is 2.35. The van der Waals surface area contributed by atoms with Gasteiger partial charge in [-0.1, -0.05) is 24.3 Å². The van der Waals surface area contributed by atoms with Gasteiger partial charge in [0.2, 0.25) is 0 Å². The third kappa shape index (κ3) is 3.60. The number of carbonyl (C=O) groups excluding carboxylic acids is 1. The van der Waals surface area contributed by atoms with Crippen molar-refractivity contribution in [1.82, 2.24) is 15.2 Å². The maximum Gasteiger partial charge on any atom is 0.318 e. The summed E-state index contributed by atoms with van der Waals surface area (Å²) in [4.78, 5) is 19.0. The van der Waals surface area contributed by atoms with Crippen LogP contribution in [0.1, 0.15) is 48.0 Å². The van der Waals surface area contributed by atoms with Crippen molar-refractivity contribution in [3.8, 4) is 0 Å². The molecule has 0 fully saturated rings. The summed E-state index contributed by atoms with van der Waals surface area (Å²) in [5.74, 6) is 0. The lowest BCUT2D eigenvalue weighted by Gasteiger charge is -2.31. The van der Waals surface area contributed by atoms with E-state index in [0.717, 1.165) is 17.8 Å². The van der Waals surface area contributed by atoms with Crippen LogP contribution in [0, 0.1) is 0 Å². The van der Waals surface area contributed by atoms with Crippen molar-refractivity contribution >= 4 is 17.4 Å². The smallest absolute Gasteiger partial charge is 0.318 e. The van der Waals surface area contributed by atoms with Gasteiger partial charge in [0.15, 0.2) is 0 Å². The zero-order valence-electron chi connectivity index (χ0n) is 13.8. The van der Waals surface area contributed by atoms with E-state index in [1.807, 2.05) is 29.3 Å². The Morgan fingerprint density at radius 3 is 3.08 bits per heavy atom. The first-order valence-corrected chi connectivity index (χ1v) is 9.24. The molecule has 128 valence electrons. The molecule has 0 saturated carbocycles. The van der Waals surface area contributed by atoms with Gasteiger partial charge in [0, 0.05) is 24.7 Å². The molecular weight excluding hydrogens is 322 g/mol. The Bertz CT molecular complexity index is 675. The molecule has 0 unspecified atom stereocenters. The third-order valence-corrected chi connectivity index (χ3v) is 5.42. The predicted octanol–water partition coefficient (Wildman–Crippen LogP) is 3.29. The number of carbonyl (C=O) groups is 1. The fourth-order valence-electron chi connectivity index (χ4n) is 3.28. The van der Waals surface area contributed by atoms with Crippen LogP contribution >= 0.6 is 11.3 Å². The van der Waals surface area contributed by atoms with Gasteiger partial charge in [-0.3, -0.25) is 0 Å². The van der Waals surface area contributed by atoms with Crippen LogP contribution in [0.3, 0.4) is 0 Å². The molecule has 0 saturated heterocycles. The van der Waals surface area contributed by atoms with Crippen LogP contribution in [0.5, 0.6) is 0 Å². The summed E-state index contributed by atoms with van der Waals surface area (Å²) >= 11 is 1.54. The molecule has 24 heavy (non-hydrogen) atoms. The largest absolute Gasteiger partial charge is 0.396 e. The fraction of sp³-hybridized carbons (Fsp3) is 0.444. The Balaban J connectivity index is 1.75. The van der Waals surface area contributed by atoms with E-state index in [1.54, 1.807) is 6.20 Å². The van der Waals surface area contributed by atoms with Gasteiger partial charge in [-0.2, -0.15) is 0 Å². The predicted molar refractivity (Wildman–Crippen MR) is 95.0 cm³/mol. The van der Waals surface area contributed by atoms with E-state index < -0.39 is 0 Å². The number of aromatic nitrogens is 1. The zero-order valence-corrected chi connectivity index (χ0v) is 14.6. The maximum atomic E-state index is 12.9. The zero-order chi connectivity index (χ0) is 16.9. The molecule has 1 aromatic heterocycles. The minimum atomic E-state index is -0.120. The van der Waals surface area contributed by atoms with Gasteiger partial charge in [0.25, 0.3) is 0 Å². The Kier molecular flexibility index (Phi) is 5.48. The fourth-order valence-corrected chi connectivity index (χ4v) is 3.92. The summed E-state index contributed by atoms with van der Waals surface area (Å²) in [7, 11) is 0. The van der Waals surface area contributed by atoms with Gasteiger partial charge >= 0.3 is 6.03 Å². The van der Waals surface area contributed by atoms with Crippen LogP contribution in [-0.2, 0) is 6.42 Å². The van der Waals surface area contributed by atoms with Crippen molar-refractivity contribution in [2.75, 3.05) is 13.2 Å². The molecule has 2 amide bonds. The number of hydrogen-bond acceptors (Lipinski definition) is 4. The molecule has 0 bridgehead atoms. The Labute approximate surface area is 146 Å². The monoisotopic (exact) mass is 345 g/mol. The molecule has 2 atom stereocenters. The molecule has 1 aliphatic rings. The van der Waals surface area contributed by atoms with Crippen molar-refractivity contribution in [2.45, 2.75) is 38.3 Å². The van der Waals surface area contributed by atoms with E-state index in [0.29, 0.717) is 13.0 Å². The molecule has 1 aliphatic carbocycles. The van der Waals surface area contributed by atoms with E-state index in [-0.39, 0.29) is 24.7 Å². The third-order valence-electron chi connectivity index (χ3n) is 4.46. The summed E-state index contributed by atoms with van der Waals surface area (Å²) in [6.07, 6.45) is 4.26. The van der Waals surface area contributed by atoms with Gasteiger partial charge < -0.3 is 15.3 Å². The number of rotatable bonds is 6. The average molecular weight is 345 g/mol. The van der Waals surface area contributed by atoms with Gasteiger partial charge in [0.05, 0.1) is 12.1 Å². The van der Waals surface area contributed by atoms with Gasteiger partial charge in [-0.25, -0.2) is 9.78 Å². The molecule has 5 nitrogen and oxygen atoms in total. The van der Waals surface area contributed by atoms with Crippen LogP contribution < -0.4 is 5.32 Å². The van der Waals surface area contributed by atoms with Crippen LogP contribution in [0.4, 0.5) is 4.79 Å². The summed E-state index contributed by atoms with van der Waals surface area (Å²) < 4.78 is 0. The van der Waals surface area contributed by atoms with Gasteiger partial charge in [-0.15, -0.1) is 11.3 Å². The number of fused-ring (bicyclic) bond motifs is 1. The summed E-state index contributed by atoms with van der Waals surface area (Å²) in [6.45, 7) is 2.58. The van der Waals surface area contributed by atoms with Crippen LogP contribution in [0.2, 0.25) is 0 Å².